The molecule has 1 heterocycles. The van der Waals surface area contributed by atoms with E-state index in [0.29, 0.717) is 35.8 Å². The highest BCUT2D eigenvalue weighted by atomic mass is 16.7. The van der Waals surface area contributed by atoms with Gasteiger partial charge in [-0.1, -0.05) is 48.0 Å². The van der Waals surface area contributed by atoms with Crippen molar-refractivity contribution in [3.8, 4) is 5.75 Å². The van der Waals surface area contributed by atoms with Gasteiger partial charge in [-0.05, 0) is 56.7 Å². The molecule has 1 aliphatic heterocycles. The summed E-state index contributed by atoms with van der Waals surface area (Å²) < 4.78 is 16.8. The van der Waals surface area contributed by atoms with E-state index >= 15 is 0 Å². The molecule has 0 saturated heterocycles. The summed E-state index contributed by atoms with van der Waals surface area (Å²) in [5, 5.41) is 0. The number of benzene rings is 3. The zero-order chi connectivity index (χ0) is 29.7. The minimum absolute atomic E-state index is 0.00781. The normalized spacial score (nSPS) is 16.9. The number of aryl methyl sites for hydroxylation is 1. The van der Waals surface area contributed by atoms with Gasteiger partial charge < -0.3 is 30.6 Å². The van der Waals surface area contributed by atoms with Gasteiger partial charge in [0.2, 0.25) is 5.91 Å². The van der Waals surface area contributed by atoms with Crippen molar-refractivity contribution in [3.05, 3.63) is 89.5 Å². The smallest absolute Gasteiger partial charge is 0.320 e. The molecule has 0 radical (unpaired) electrons. The average Bonchev–Trinajstić information content (AvgIpc) is 3.18. The molecule has 2 atom stereocenters. The van der Waals surface area contributed by atoms with Crippen LogP contribution in [0.2, 0.25) is 0 Å². The molecule has 216 valence electrons. The Morgan fingerprint density at radius 3 is 2.07 bits per heavy atom. The highest BCUT2D eigenvalue weighted by Gasteiger charge is 2.63. The number of nitrogens with zero attached hydrogens (tertiary/aromatic N) is 2. The zero-order valence-corrected chi connectivity index (χ0v) is 23.7. The number of primary amides is 2. The number of rotatable bonds is 12. The highest BCUT2D eigenvalue weighted by Crippen LogP contribution is 2.53. The maximum atomic E-state index is 15.0. The molecule has 0 saturated carbocycles. The van der Waals surface area contributed by atoms with Gasteiger partial charge in [-0.15, -0.1) is 0 Å². The molecule has 4 N–H and O–H groups in total. The first-order chi connectivity index (χ1) is 19.7. The Balaban J connectivity index is 2.05. The highest BCUT2D eigenvalue weighted by molar-refractivity contribution is 6.17. The van der Waals surface area contributed by atoms with Crippen LogP contribution in [0.3, 0.4) is 0 Å². The molecule has 4 rings (SSSR count). The number of anilines is 2. The first-order valence-electron chi connectivity index (χ1n) is 13.4. The van der Waals surface area contributed by atoms with E-state index in [4.69, 9.17) is 25.7 Å². The molecule has 0 fully saturated rings. The van der Waals surface area contributed by atoms with Gasteiger partial charge in [-0.25, -0.2) is 4.79 Å². The van der Waals surface area contributed by atoms with Crippen LogP contribution in [0.25, 0.3) is 0 Å². The molecule has 41 heavy (non-hydrogen) atoms. The molecule has 1 aliphatic rings. The molecule has 0 bridgehead atoms. The van der Waals surface area contributed by atoms with Crippen molar-refractivity contribution in [1.82, 2.24) is 0 Å². The van der Waals surface area contributed by atoms with Crippen LogP contribution in [0.5, 0.6) is 5.75 Å². The van der Waals surface area contributed by atoms with Crippen molar-refractivity contribution in [3.63, 3.8) is 0 Å². The Labute approximate surface area is 239 Å². The number of urea groups is 1. The number of nitrogens with two attached hydrogens (primary N) is 2. The summed E-state index contributed by atoms with van der Waals surface area (Å²) in [5.41, 5.74) is 12.8. The van der Waals surface area contributed by atoms with E-state index < -0.39 is 35.6 Å². The third kappa shape index (κ3) is 5.36. The van der Waals surface area contributed by atoms with Crippen molar-refractivity contribution >= 4 is 29.2 Å². The average molecular weight is 561 g/mol. The molecule has 3 aromatic rings. The van der Waals surface area contributed by atoms with E-state index in [2.05, 4.69) is 0 Å². The van der Waals surface area contributed by atoms with Crippen LogP contribution in [-0.4, -0.2) is 51.0 Å². The van der Waals surface area contributed by atoms with Gasteiger partial charge in [-0.2, -0.15) is 0 Å². The quantitative estimate of drug-likeness (QED) is 0.323. The minimum Gasteiger partial charge on any atom is -0.497 e. The summed E-state index contributed by atoms with van der Waals surface area (Å²) in [7, 11) is 1.52. The Morgan fingerprint density at radius 2 is 1.54 bits per heavy atom. The second kappa shape index (κ2) is 12.4. The second-order valence-electron chi connectivity index (χ2n) is 9.66. The van der Waals surface area contributed by atoms with Crippen LogP contribution in [-0.2, 0) is 24.6 Å². The predicted molar refractivity (Wildman–Crippen MR) is 156 cm³/mol. The van der Waals surface area contributed by atoms with Crippen molar-refractivity contribution in [1.29, 1.82) is 0 Å². The predicted octanol–water partition coefficient (Wildman–Crippen LogP) is 3.80. The summed E-state index contributed by atoms with van der Waals surface area (Å²) in [6, 6.07) is 19.7. The maximum Gasteiger partial charge on any atom is 0.320 e. The molecule has 10 heteroatoms. The van der Waals surface area contributed by atoms with Crippen LogP contribution < -0.4 is 26.0 Å². The lowest BCUT2D eigenvalue weighted by Crippen LogP contribution is -2.63. The lowest BCUT2D eigenvalue weighted by Gasteiger charge is -2.43. The third-order valence-corrected chi connectivity index (χ3v) is 7.23. The monoisotopic (exact) mass is 560 g/mol. The fourth-order valence-corrected chi connectivity index (χ4v) is 5.55. The standard InChI is InChI=1S/C31H36N4O6/c1-5-40-26(41-6-2)19-34-25-10-8-7-9-24(25)31(29(34)37,27(28(32)36)21-13-11-20(3)12-14-21)35(30(33)38)22-15-17-23(39-4)18-16-22/h7-18,26-27H,5-6,19H2,1-4H3,(H2,32,36)(H2,33,38). The number of hydrogen-bond acceptors (Lipinski definition) is 6. The molecular formula is C31H36N4O6. The summed E-state index contributed by atoms with van der Waals surface area (Å²) in [5.74, 6) is -2.14. The second-order valence-corrected chi connectivity index (χ2v) is 9.66. The molecular weight excluding hydrogens is 524 g/mol. The SMILES string of the molecule is CCOC(CN1C(=O)C(C(C(N)=O)c2ccc(C)cc2)(N(C(N)=O)c2ccc(OC)cc2)c2ccccc21)OCC. The molecule has 4 amide bonds. The Bertz CT molecular complexity index is 1390. The van der Waals surface area contributed by atoms with Gasteiger partial charge in [0.05, 0.1) is 25.3 Å². The lowest BCUT2D eigenvalue weighted by molar-refractivity contribution is -0.138. The maximum absolute atomic E-state index is 15.0. The molecule has 0 spiro atoms. The summed E-state index contributed by atoms with van der Waals surface area (Å²) in [6.45, 7) is 6.28. The van der Waals surface area contributed by atoms with E-state index in [9.17, 15) is 14.4 Å². The first kappa shape index (κ1) is 29.6. The minimum atomic E-state index is -1.97. The Morgan fingerprint density at radius 1 is 0.927 bits per heavy atom. The van der Waals surface area contributed by atoms with Crippen LogP contribution in [0.15, 0.2) is 72.8 Å². The number of carbonyl (C=O) groups excluding carboxylic acids is 3. The van der Waals surface area contributed by atoms with Crippen molar-refractivity contribution < 1.29 is 28.6 Å². The van der Waals surface area contributed by atoms with E-state index in [1.54, 1.807) is 60.7 Å². The van der Waals surface area contributed by atoms with Crippen molar-refractivity contribution in [2.45, 2.75) is 38.5 Å². The van der Waals surface area contributed by atoms with Gasteiger partial charge in [-0.3, -0.25) is 14.5 Å². The van der Waals surface area contributed by atoms with Gasteiger partial charge in [0.15, 0.2) is 11.8 Å². The van der Waals surface area contributed by atoms with Crippen molar-refractivity contribution in [2.24, 2.45) is 11.5 Å². The van der Waals surface area contributed by atoms with Gasteiger partial charge in [0, 0.05) is 24.5 Å². The largest absolute Gasteiger partial charge is 0.497 e. The number of carbonyl (C=O) groups is 3. The lowest BCUT2D eigenvalue weighted by atomic mass is 9.72. The number of ether oxygens (including phenoxy) is 3. The van der Waals surface area contributed by atoms with Crippen LogP contribution in [0.4, 0.5) is 16.2 Å². The molecule has 10 nitrogen and oxygen atoms in total. The van der Waals surface area contributed by atoms with Crippen LogP contribution in [0.1, 0.15) is 36.5 Å². The van der Waals surface area contributed by atoms with Gasteiger partial charge in [0.1, 0.15) is 5.75 Å². The van der Waals surface area contributed by atoms with Gasteiger partial charge in [0.25, 0.3) is 5.91 Å². The number of para-hydroxylation sites is 1. The first-order valence-corrected chi connectivity index (χ1v) is 13.4. The van der Waals surface area contributed by atoms with Gasteiger partial charge >= 0.3 is 6.03 Å². The third-order valence-electron chi connectivity index (χ3n) is 7.23. The van der Waals surface area contributed by atoms with Crippen LogP contribution >= 0.6 is 0 Å². The van der Waals surface area contributed by atoms with Crippen molar-refractivity contribution in [2.75, 3.05) is 36.7 Å². The number of methoxy groups -OCH3 is 1. The van der Waals surface area contributed by atoms with E-state index in [-0.39, 0.29) is 12.2 Å². The number of hydrogen-bond donors (Lipinski definition) is 2. The van der Waals surface area contributed by atoms with Crippen LogP contribution in [0, 0.1) is 6.92 Å². The Kier molecular flexibility index (Phi) is 8.95. The number of amides is 4. The summed E-state index contributed by atoms with van der Waals surface area (Å²) in [4.78, 5) is 44.7. The van der Waals surface area contributed by atoms with E-state index in [1.165, 1.54) is 16.9 Å². The van der Waals surface area contributed by atoms with E-state index in [1.807, 2.05) is 32.9 Å². The molecule has 0 aromatic heterocycles. The summed E-state index contributed by atoms with van der Waals surface area (Å²) >= 11 is 0. The number of fused-ring (bicyclic) bond motifs is 1. The fraction of sp³-hybridized carbons (Fsp3) is 0.323. The summed E-state index contributed by atoms with van der Waals surface area (Å²) in [6.07, 6.45) is -0.757. The Hall–Kier alpha value is -4.41. The zero-order valence-electron chi connectivity index (χ0n) is 23.7. The topological polar surface area (TPSA) is 137 Å². The van der Waals surface area contributed by atoms with E-state index in [0.717, 1.165) is 5.56 Å². The molecule has 0 aliphatic carbocycles. The fourth-order valence-electron chi connectivity index (χ4n) is 5.55. The molecule has 2 unspecified atom stereocenters. The molecule has 3 aromatic carbocycles.